The van der Waals surface area contributed by atoms with E-state index >= 15 is 0 Å². The number of nitrogens with zero attached hydrogens (tertiary/aromatic N) is 2. The molecule has 1 fully saturated rings. The highest BCUT2D eigenvalue weighted by Crippen LogP contribution is 2.41. The third-order valence-electron chi connectivity index (χ3n) is 4.05. The van der Waals surface area contributed by atoms with Gasteiger partial charge in [0.05, 0.1) is 6.10 Å². The van der Waals surface area contributed by atoms with Crippen LogP contribution in [0.4, 0.5) is 5.82 Å². The fourth-order valence-electron chi connectivity index (χ4n) is 2.16. The predicted octanol–water partition coefficient (Wildman–Crippen LogP) is 0.903. The van der Waals surface area contributed by atoms with Crippen LogP contribution in [0.5, 0.6) is 0 Å². The molecule has 1 aromatic rings. The molecule has 0 aromatic carbocycles. The predicted molar refractivity (Wildman–Crippen MR) is 76.9 cm³/mol. The van der Waals surface area contributed by atoms with Gasteiger partial charge in [0.2, 0.25) is 10.0 Å². The quantitative estimate of drug-likeness (QED) is 0.863. The molecule has 1 heterocycles. The molecule has 6 nitrogen and oxygen atoms in total. The summed E-state index contributed by atoms with van der Waals surface area (Å²) in [5.74, 6) is 0.618. The molecule has 20 heavy (non-hydrogen) atoms. The molecule has 0 amide bonds. The van der Waals surface area contributed by atoms with E-state index in [0.717, 1.165) is 4.31 Å². The zero-order chi connectivity index (χ0) is 15.1. The summed E-state index contributed by atoms with van der Waals surface area (Å²) in [5, 5.41) is 12.9. The van der Waals surface area contributed by atoms with Crippen LogP contribution in [0.1, 0.15) is 20.3 Å². The standard InChI is InChI=1S/C13H21N3O3S/c1-13(2)10(7-11(13)17)15-12-6-5-9(8-14-12)20(18,19)16(3)4/h5-6,8,10-11,17H,7H2,1-4H3,(H,14,15). The van der Waals surface area contributed by atoms with Crippen molar-refractivity contribution in [1.29, 1.82) is 0 Å². The first-order valence-corrected chi connectivity index (χ1v) is 7.93. The van der Waals surface area contributed by atoms with Crippen LogP contribution in [0.3, 0.4) is 0 Å². The summed E-state index contributed by atoms with van der Waals surface area (Å²) in [7, 11) is -0.471. The number of hydrogen-bond acceptors (Lipinski definition) is 5. The Hall–Kier alpha value is -1.18. The Morgan fingerprint density at radius 2 is 2.05 bits per heavy atom. The zero-order valence-corrected chi connectivity index (χ0v) is 13.0. The van der Waals surface area contributed by atoms with E-state index in [4.69, 9.17) is 0 Å². The van der Waals surface area contributed by atoms with Crippen LogP contribution < -0.4 is 5.32 Å². The molecule has 1 aliphatic rings. The van der Waals surface area contributed by atoms with E-state index in [2.05, 4.69) is 10.3 Å². The highest BCUT2D eigenvalue weighted by molar-refractivity contribution is 7.89. The second kappa shape index (κ2) is 4.98. The Morgan fingerprint density at radius 3 is 2.45 bits per heavy atom. The first kappa shape index (κ1) is 15.2. The van der Waals surface area contributed by atoms with Crippen LogP contribution in [0.2, 0.25) is 0 Å². The lowest BCUT2D eigenvalue weighted by atomic mass is 9.64. The summed E-state index contributed by atoms with van der Waals surface area (Å²) >= 11 is 0. The van der Waals surface area contributed by atoms with Gasteiger partial charge in [0.15, 0.2) is 0 Å². The molecule has 112 valence electrons. The van der Waals surface area contributed by atoms with Gasteiger partial charge in [-0.3, -0.25) is 0 Å². The summed E-state index contributed by atoms with van der Waals surface area (Å²) in [6.45, 7) is 3.98. The number of hydrogen-bond donors (Lipinski definition) is 2. The van der Waals surface area contributed by atoms with Gasteiger partial charge in [-0.25, -0.2) is 17.7 Å². The molecule has 1 aliphatic carbocycles. The van der Waals surface area contributed by atoms with Gasteiger partial charge in [-0.15, -0.1) is 0 Å². The van der Waals surface area contributed by atoms with Gasteiger partial charge in [0, 0.05) is 31.7 Å². The van der Waals surface area contributed by atoms with E-state index in [1.165, 1.54) is 26.4 Å². The number of sulfonamides is 1. The van der Waals surface area contributed by atoms with Crippen LogP contribution in [-0.4, -0.2) is 49.1 Å². The SMILES string of the molecule is CN(C)S(=O)(=O)c1ccc(NC2CC(O)C2(C)C)nc1. The maximum atomic E-state index is 11.9. The van der Waals surface area contributed by atoms with Gasteiger partial charge in [-0.05, 0) is 18.6 Å². The Bertz CT molecular complexity index is 581. The molecular formula is C13H21N3O3S. The largest absolute Gasteiger partial charge is 0.392 e. The maximum absolute atomic E-state index is 11.9. The Kier molecular flexibility index (Phi) is 3.79. The molecule has 0 spiro atoms. The van der Waals surface area contributed by atoms with Gasteiger partial charge in [0.25, 0.3) is 0 Å². The van der Waals surface area contributed by atoms with Crippen molar-refractivity contribution >= 4 is 15.8 Å². The molecule has 2 unspecified atom stereocenters. The third kappa shape index (κ3) is 2.53. The monoisotopic (exact) mass is 299 g/mol. The highest BCUT2D eigenvalue weighted by Gasteiger charge is 2.47. The molecule has 0 radical (unpaired) electrons. The van der Waals surface area contributed by atoms with Crippen molar-refractivity contribution in [3.63, 3.8) is 0 Å². The van der Waals surface area contributed by atoms with E-state index in [9.17, 15) is 13.5 Å². The average molecular weight is 299 g/mol. The number of aliphatic hydroxyl groups excluding tert-OH is 1. The first-order chi connectivity index (χ1) is 9.15. The van der Waals surface area contributed by atoms with Gasteiger partial charge >= 0.3 is 0 Å². The molecule has 0 aliphatic heterocycles. The van der Waals surface area contributed by atoms with Crippen molar-refractivity contribution < 1.29 is 13.5 Å². The van der Waals surface area contributed by atoms with Gasteiger partial charge in [0.1, 0.15) is 10.7 Å². The van der Waals surface area contributed by atoms with Gasteiger partial charge in [-0.1, -0.05) is 13.8 Å². The van der Waals surface area contributed by atoms with E-state index in [1.54, 1.807) is 6.07 Å². The van der Waals surface area contributed by atoms with E-state index in [-0.39, 0.29) is 22.5 Å². The van der Waals surface area contributed by atoms with Crippen LogP contribution in [0, 0.1) is 5.41 Å². The summed E-state index contributed by atoms with van der Waals surface area (Å²) in [6, 6.07) is 3.32. The minimum Gasteiger partial charge on any atom is -0.392 e. The zero-order valence-electron chi connectivity index (χ0n) is 12.2. The van der Waals surface area contributed by atoms with Crippen molar-refractivity contribution in [2.24, 2.45) is 5.41 Å². The normalized spacial score (nSPS) is 25.3. The minimum absolute atomic E-state index is 0.140. The molecule has 2 rings (SSSR count). The second-order valence-electron chi connectivity index (χ2n) is 5.94. The van der Waals surface area contributed by atoms with Gasteiger partial charge < -0.3 is 10.4 Å². The van der Waals surface area contributed by atoms with Crippen LogP contribution in [0.15, 0.2) is 23.2 Å². The lowest BCUT2D eigenvalue weighted by molar-refractivity contribution is -0.0511. The van der Waals surface area contributed by atoms with Crippen LogP contribution >= 0.6 is 0 Å². The minimum atomic E-state index is -3.44. The Labute approximate surface area is 119 Å². The highest BCUT2D eigenvalue weighted by atomic mass is 32.2. The maximum Gasteiger partial charge on any atom is 0.244 e. The topological polar surface area (TPSA) is 82.5 Å². The third-order valence-corrected chi connectivity index (χ3v) is 5.85. The smallest absolute Gasteiger partial charge is 0.244 e. The van der Waals surface area contributed by atoms with Crippen molar-refractivity contribution in [3.05, 3.63) is 18.3 Å². The Morgan fingerprint density at radius 1 is 1.40 bits per heavy atom. The first-order valence-electron chi connectivity index (χ1n) is 6.49. The lowest BCUT2D eigenvalue weighted by Crippen LogP contribution is -2.57. The summed E-state index contributed by atoms with van der Waals surface area (Å²) in [4.78, 5) is 4.31. The van der Waals surface area contributed by atoms with Crippen LogP contribution in [0.25, 0.3) is 0 Å². The average Bonchev–Trinajstić information content (AvgIpc) is 2.39. The van der Waals surface area contributed by atoms with Crippen molar-refractivity contribution in [3.8, 4) is 0 Å². The fraction of sp³-hybridized carbons (Fsp3) is 0.615. The number of aromatic nitrogens is 1. The molecule has 2 N–H and O–H groups in total. The fourth-order valence-corrected chi connectivity index (χ4v) is 3.00. The molecule has 1 saturated carbocycles. The molecule has 0 saturated heterocycles. The number of anilines is 1. The van der Waals surface area contributed by atoms with E-state index in [0.29, 0.717) is 12.2 Å². The summed E-state index contributed by atoms with van der Waals surface area (Å²) in [6.07, 6.45) is 1.71. The number of rotatable bonds is 4. The lowest BCUT2D eigenvalue weighted by Gasteiger charge is -2.49. The number of pyridine rings is 1. The van der Waals surface area contributed by atoms with Gasteiger partial charge in [-0.2, -0.15) is 0 Å². The second-order valence-corrected chi connectivity index (χ2v) is 8.09. The van der Waals surface area contributed by atoms with E-state index < -0.39 is 10.0 Å². The Balaban J connectivity index is 2.11. The van der Waals surface area contributed by atoms with Crippen molar-refractivity contribution in [2.75, 3.05) is 19.4 Å². The van der Waals surface area contributed by atoms with Crippen molar-refractivity contribution in [2.45, 2.75) is 37.3 Å². The molecule has 1 aromatic heterocycles. The number of nitrogens with one attached hydrogen (secondary N) is 1. The molecule has 0 bridgehead atoms. The van der Waals surface area contributed by atoms with Crippen LogP contribution in [-0.2, 0) is 10.0 Å². The number of aliphatic hydroxyl groups is 1. The molecule has 2 atom stereocenters. The molecular weight excluding hydrogens is 278 g/mol. The van der Waals surface area contributed by atoms with E-state index in [1.807, 2.05) is 13.8 Å². The molecule has 7 heteroatoms. The van der Waals surface area contributed by atoms with Crippen molar-refractivity contribution in [1.82, 2.24) is 9.29 Å². The summed E-state index contributed by atoms with van der Waals surface area (Å²) in [5.41, 5.74) is -0.198. The summed E-state index contributed by atoms with van der Waals surface area (Å²) < 4.78 is 25.0.